The Labute approximate surface area is 196 Å². The lowest BCUT2D eigenvalue weighted by Gasteiger charge is -2.27. The highest BCUT2D eigenvalue weighted by molar-refractivity contribution is 6.35. The number of para-hydroxylation sites is 2. The first kappa shape index (κ1) is 21.9. The zero-order valence-corrected chi connectivity index (χ0v) is 18.7. The summed E-state index contributed by atoms with van der Waals surface area (Å²) in [7, 11) is 0. The van der Waals surface area contributed by atoms with E-state index >= 15 is 0 Å². The van der Waals surface area contributed by atoms with E-state index in [0.29, 0.717) is 21.4 Å². The number of ether oxygens (including phenoxy) is 1. The Bertz CT molecular complexity index is 1190. The lowest BCUT2D eigenvalue weighted by atomic mass is 9.98. The molecule has 0 radical (unpaired) electrons. The van der Waals surface area contributed by atoms with E-state index in [4.69, 9.17) is 27.9 Å². The third-order valence-electron chi connectivity index (χ3n) is 5.09. The summed E-state index contributed by atoms with van der Waals surface area (Å²) in [5, 5.41) is 3.89. The zero-order valence-electron chi connectivity index (χ0n) is 17.2. The van der Waals surface area contributed by atoms with E-state index in [2.05, 4.69) is 5.32 Å². The van der Waals surface area contributed by atoms with Crippen molar-refractivity contribution in [2.75, 3.05) is 16.8 Å². The van der Waals surface area contributed by atoms with Crippen molar-refractivity contribution >= 4 is 46.5 Å². The lowest BCUT2D eigenvalue weighted by molar-refractivity contribution is -0.138. The van der Waals surface area contributed by atoms with Crippen LogP contribution in [-0.2, 0) is 14.3 Å². The predicted octanol–water partition coefficient (Wildman–Crippen LogP) is 6.01. The molecule has 1 amide bonds. The normalized spacial score (nSPS) is 15.8. The van der Waals surface area contributed by atoms with Gasteiger partial charge in [0.05, 0.1) is 39.6 Å². The van der Waals surface area contributed by atoms with Gasteiger partial charge in [0.2, 0.25) is 0 Å². The van der Waals surface area contributed by atoms with Crippen molar-refractivity contribution in [3.63, 3.8) is 0 Å². The van der Waals surface area contributed by atoms with Crippen LogP contribution in [0.3, 0.4) is 0 Å². The molecule has 0 aromatic heterocycles. The van der Waals surface area contributed by atoms with Gasteiger partial charge in [-0.15, -0.1) is 0 Å². The van der Waals surface area contributed by atoms with Gasteiger partial charge in [0.15, 0.2) is 0 Å². The van der Waals surface area contributed by atoms with Crippen molar-refractivity contribution in [1.29, 1.82) is 0 Å². The van der Waals surface area contributed by atoms with Crippen molar-refractivity contribution in [3.8, 4) is 0 Å². The Hall–Kier alpha value is -3.28. The van der Waals surface area contributed by atoms with Gasteiger partial charge in [-0.1, -0.05) is 77.8 Å². The summed E-state index contributed by atoms with van der Waals surface area (Å²) >= 11 is 12.8. The van der Waals surface area contributed by atoms with Gasteiger partial charge in [-0.25, -0.2) is 4.79 Å². The third-order valence-corrected chi connectivity index (χ3v) is 5.74. The van der Waals surface area contributed by atoms with Crippen LogP contribution in [0.2, 0.25) is 10.0 Å². The number of nitrogens with one attached hydrogen (secondary N) is 1. The summed E-state index contributed by atoms with van der Waals surface area (Å²) in [5.41, 5.74) is 2.05. The van der Waals surface area contributed by atoms with Crippen LogP contribution in [0.15, 0.2) is 90.1 Å². The van der Waals surface area contributed by atoms with Crippen molar-refractivity contribution in [2.24, 2.45) is 0 Å². The van der Waals surface area contributed by atoms with E-state index in [0.717, 1.165) is 5.56 Å². The Morgan fingerprint density at radius 2 is 1.56 bits per heavy atom. The minimum atomic E-state index is -0.729. The van der Waals surface area contributed by atoms with Crippen LogP contribution in [0.4, 0.5) is 11.4 Å². The smallest absolute Gasteiger partial charge is 0.338 e. The van der Waals surface area contributed by atoms with E-state index in [9.17, 15) is 9.59 Å². The topological polar surface area (TPSA) is 58.6 Å². The van der Waals surface area contributed by atoms with Crippen LogP contribution in [0.1, 0.15) is 18.5 Å². The molecule has 1 unspecified atom stereocenters. The molecule has 0 bridgehead atoms. The van der Waals surface area contributed by atoms with Crippen LogP contribution in [0, 0.1) is 0 Å². The number of nitrogens with zero attached hydrogens (tertiary/aromatic N) is 1. The molecular weight excluding hydrogens is 447 g/mol. The molecule has 0 saturated heterocycles. The molecule has 4 rings (SSSR count). The van der Waals surface area contributed by atoms with Crippen molar-refractivity contribution < 1.29 is 14.3 Å². The second-order valence-electron chi connectivity index (χ2n) is 7.05. The lowest BCUT2D eigenvalue weighted by Crippen LogP contribution is -2.32. The van der Waals surface area contributed by atoms with E-state index < -0.39 is 17.9 Å². The van der Waals surface area contributed by atoms with Gasteiger partial charge in [0.25, 0.3) is 5.91 Å². The predicted molar refractivity (Wildman–Crippen MR) is 127 cm³/mol. The van der Waals surface area contributed by atoms with E-state index in [1.807, 2.05) is 30.3 Å². The molecule has 7 heteroatoms. The van der Waals surface area contributed by atoms with Crippen LogP contribution in [0.25, 0.3) is 0 Å². The molecule has 162 valence electrons. The number of halogens is 2. The van der Waals surface area contributed by atoms with Gasteiger partial charge in [0.1, 0.15) is 5.70 Å². The SMILES string of the molecule is CCOC(=O)C1=C(Nc2ccccc2Cl)C(=O)N(c2ccccc2Cl)C1c1ccccc1. The Morgan fingerprint density at radius 3 is 2.22 bits per heavy atom. The molecule has 5 nitrogen and oxygen atoms in total. The van der Waals surface area contributed by atoms with Crippen LogP contribution in [-0.4, -0.2) is 18.5 Å². The van der Waals surface area contributed by atoms with Gasteiger partial charge in [-0.3, -0.25) is 9.69 Å². The Morgan fingerprint density at radius 1 is 0.938 bits per heavy atom. The fourth-order valence-electron chi connectivity index (χ4n) is 3.71. The van der Waals surface area contributed by atoms with E-state index in [1.54, 1.807) is 55.5 Å². The van der Waals surface area contributed by atoms with Gasteiger partial charge < -0.3 is 10.1 Å². The maximum atomic E-state index is 13.8. The number of esters is 1. The van der Waals surface area contributed by atoms with Gasteiger partial charge >= 0.3 is 5.97 Å². The van der Waals surface area contributed by atoms with Gasteiger partial charge in [-0.05, 0) is 36.8 Å². The molecule has 0 fully saturated rings. The molecule has 0 spiro atoms. The van der Waals surface area contributed by atoms with Crippen LogP contribution >= 0.6 is 23.2 Å². The highest BCUT2D eigenvalue weighted by Crippen LogP contribution is 2.44. The second-order valence-corrected chi connectivity index (χ2v) is 7.87. The highest BCUT2D eigenvalue weighted by Gasteiger charge is 2.45. The molecule has 0 saturated carbocycles. The largest absolute Gasteiger partial charge is 0.463 e. The van der Waals surface area contributed by atoms with Crippen LogP contribution < -0.4 is 10.2 Å². The monoisotopic (exact) mass is 466 g/mol. The summed E-state index contributed by atoms with van der Waals surface area (Å²) < 4.78 is 5.36. The summed E-state index contributed by atoms with van der Waals surface area (Å²) in [6, 6.07) is 22.6. The van der Waals surface area contributed by atoms with E-state index in [1.165, 1.54) is 4.90 Å². The van der Waals surface area contributed by atoms with Crippen molar-refractivity contribution in [3.05, 3.63) is 106 Å². The first-order valence-electron chi connectivity index (χ1n) is 10.1. The minimum absolute atomic E-state index is 0.102. The van der Waals surface area contributed by atoms with E-state index in [-0.39, 0.29) is 17.9 Å². The summed E-state index contributed by atoms with van der Waals surface area (Å²) in [6.45, 7) is 1.89. The van der Waals surface area contributed by atoms with Crippen LogP contribution in [0.5, 0.6) is 0 Å². The highest BCUT2D eigenvalue weighted by atomic mass is 35.5. The standard InChI is InChI=1S/C25H20Cl2N2O3/c1-2-32-25(31)21-22(28-19-14-8-6-12-17(19)26)24(30)29(20-15-9-7-13-18(20)27)23(21)16-10-4-3-5-11-16/h3-15,23,28H,2H2,1H3. The first-order chi connectivity index (χ1) is 15.5. The molecule has 32 heavy (non-hydrogen) atoms. The molecular formula is C25H20Cl2N2O3. The van der Waals surface area contributed by atoms with Gasteiger partial charge in [-0.2, -0.15) is 0 Å². The summed E-state index contributed by atoms with van der Waals surface area (Å²) in [5.74, 6) is -0.992. The Kier molecular flexibility index (Phi) is 6.49. The number of benzene rings is 3. The molecule has 1 heterocycles. The number of hydrogen-bond donors (Lipinski definition) is 1. The molecule has 1 aliphatic rings. The average molecular weight is 467 g/mol. The molecule has 1 N–H and O–H groups in total. The molecule has 1 atom stereocenters. The fraction of sp³-hybridized carbons (Fsp3) is 0.120. The zero-order chi connectivity index (χ0) is 22.7. The number of amides is 1. The molecule has 3 aromatic carbocycles. The summed E-state index contributed by atoms with van der Waals surface area (Å²) in [4.78, 5) is 28.4. The average Bonchev–Trinajstić information content (AvgIpc) is 3.08. The maximum Gasteiger partial charge on any atom is 0.338 e. The maximum absolute atomic E-state index is 13.8. The third kappa shape index (κ3) is 4.09. The fourth-order valence-corrected chi connectivity index (χ4v) is 4.12. The number of carbonyl (C=O) groups is 2. The second kappa shape index (κ2) is 9.47. The number of rotatable bonds is 6. The first-order valence-corrected chi connectivity index (χ1v) is 10.8. The van der Waals surface area contributed by atoms with Crippen molar-refractivity contribution in [2.45, 2.75) is 13.0 Å². The molecule has 1 aliphatic heterocycles. The minimum Gasteiger partial charge on any atom is -0.463 e. The summed E-state index contributed by atoms with van der Waals surface area (Å²) in [6.07, 6.45) is 0. The Balaban J connectivity index is 1.93. The molecule has 3 aromatic rings. The number of carbonyl (C=O) groups excluding carboxylic acids is 2. The van der Waals surface area contributed by atoms with Gasteiger partial charge in [0, 0.05) is 0 Å². The quantitative estimate of drug-likeness (QED) is 0.451. The molecule has 0 aliphatic carbocycles. The van der Waals surface area contributed by atoms with Crippen molar-refractivity contribution in [1.82, 2.24) is 0 Å². The number of hydrogen-bond acceptors (Lipinski definition) is 4. The number of anilines is 2.